The highest BCUT2D eigenvalue weighted by atomic mass is 32.2. The van der Waals surface area contributed by atoms with E-state index in [1.165, 1.54) is 23.4 Å². The second kappa shape index (κ2) is 16.8. The van der Waals surface area contributed by atoms with Crippen molar-refractivity contribution in [3.8, 4) is 17.2 Å². The number of ether oxygens (including phenoxy) is 7. The summed E-state index contributed by atoms with van der Waals surface area (Å²) in [6.07, 6.45) is -1.80. The number of hydrogen-bond donors (Lipinski definition) is 2. The first-order valence-corrected chi connectivity index (χ1v) is 19.4. The van der Waals surface area contributed by atoms with E-state index in [0.29, 0.717) is 36.9 Å². The van der Waals surface area contributed by atoms with Crippen LogP contribution in [0.3, 0.4) is 0 Å². The lowest BCUT2D eigenvalue weighted by Gasteiger charge is -2.33. The van der Waals surface area contributed by atoms with Crippen LogP contribution < -0.4 is 25.1 Å². The lowest BCUT2D eigenvalue weighted by Crippen LogP contribution is -2.56. The van der Waals surface area contributed by atoms with Crippen molar-refractivity contribution in [2.24, 2.45) is 11.8 Å². The summed E-state index contributed by atoms with van der Waals surface area (Å²) in [6.45, 7) is 7.90. The molecule has 2 saturated heterocycles. The van der Waals surface area contributed by atoms with Crippen molar-refractivity contribution in [1.29, 1.82) is 0 Å². The summed E-state index contributed by atoms with van der Waals surface area (Å²) in [4.78, 5) is 30.1. The van der Waals surface area contributed by atoms with Gasteiger partial charge in [-0.15, -0.1) is 11.3 Å². The molecule has 0 aliphatic carbocycles. The number of aromatic nitrogens is 1. The number of hydrazine groups is 1. The van der Waals surface area contributed by atoms with Crippen molar-refractivity contribution in [1.82, 2.24) is 20.1 Å². The summed E-state index contributed by atoms with van der Waals surface area (Å²) in [5.41, 5.74) is 7.21. The predicted octanol–water partition coefficient (Wildman–Crippen LogP) is 3.94. The summed E-state index contributed by atoms with van der Waals surface area (Å²) < 4.78 is 69.0. The second-order valence-electron chi connectivity index (χ2n) is 13.2. The smallest absolute Gasteiger partial charge is 0.421 e. The molecule has 3 aliphatic rings. The summed E-state index contributed by atoms with van der Waals surface area (Å²) in [7, 11) is -4.12. The number of hydrogen-bond acceptors (Lipinski definition) is 14. The van der Waals surface area contributed by atoms with Gasteiger partial charge >= 0.3 is 12.1 Å². The van der Waals surface area contributed by atoms with Crippen molar-refractivity contribution < 1.29 is 51.2 Å². The topological polar surface area (TPSA) is 173 Å². The SMILES string of the molecule is CC(=O)O[C@H](CN(CC(C)C)S(=O)(=O)c1ccc2c(c1)OCO2)[C@H](Cc1ccc(OCc2csc(C)n2)cc1)NNC(=O)O[C@H]1CO[C@H]2OCC[C@H]21. The molecule has 2 aromatic carbocycles. The summed E-state index contributed by atoms with van der Waals surface area (Å²) >= 11 is 1.55. The Hall–Kier alpha value is -4.00. The molecule has 0 saturated carbocycles. The normalized spacial score (nSPS) is 20.5. The number of sulfonamides is 1. The predicted molar refractivity (Wildman–Crippen MR) is 187 cm³/mol. The van der Waals surface area contributed by atoms with Crippen LogP contribution in [0.15, 0.2) is 52.7 Å². The van der Waals surface area contributed by atoms with Gasteiger partial charge in [0.1, 0.15) is 24.6 Å². The number of aryl methyl sites for hydroxylation is 1. The first-order valence-electron chi connectivity index (χ1n) is 17.1. The van der Waals surface area contributed by atoms with Crippen LogP contribution >= 0.6 is 11.3 Å². The molecule has 17 heteroatoms. The van der Waals surface area contributed by atoms with Gasteiger partial charge in [0, 0.05) is 24.9 Å². The molecule has 3 aliphatic heterocycles. The van der Waals surface area contributed by atoms with E-state index in [9.17, 15) is 18.0 Å². The molecule has 0 unspecified atom stereocenters. The molecular formula is C35H44N4O11S2. The van der Waals surface area contributed by atoms with Gasteiger partial charge in [-0.1, -0.05) is 26.0 Å². The largest absolute Gasteiger partial charge is 0.487 e. The van der Waals surface area contributed by atoms with E-state index >= 15 is 0 Å². The maximum absolute atomic E-state index is 14.2. The Morgan fingerprint density at radius 2 is 1.87 bits per heavy atom. The molecule has 5 atom stereocenters. The zero-order valence-corrected chi connectivity index (χ0v) is 31.1. The number of carbonyl (C=O) groups is 2. The zero-order chi connectivity index (χ0) is 36.8. The molecule has 1 amide bonds. The minimum absolute atomic E-state index is 0.00145. The van der Waals surface area contributed by atoms with Crippen molar-refractivity contribution in [2.45, 2.75) is 76.6 Å². The minimum atomic E-state index is -4.12. The number of rotatable bonds is 16. The molecule has 0 bridgehead atoms. The van der Waals surface area contributed by atoms with E-state index in [2.05, 4.69) is 15.8 Å². The van der Waals surface area contributed by atoms with E-state index < -0.39 is 46.6 Å². The minimum Gasteiger partial charge on any atom is -0.487 e. The number of thiazole rings is 1. The van der Waals surface area contributed by atoms with E-state index in [4.69, 9.17) is 33.2 Å². The molecule has 1 aromatic heterocycles. The number of benzene rings is 2. The van der Waals surface area contributed by atoms with Crippen molar-refractivity contribution in [3.63, 3.8) is 0 Å². The quantitative estimate of drug-likeness (QED) is 0.159. The molecule has 52 heavy (non-hydrogen) atoms. The highest BCUT2D eigenvalue weighted by Gasteiger charge is 2.44. The molecule has 15 nitrogen and oxygen atoms in total. The third-order valence-electron chi connectivity index (χ3n) is 8.74. The Kier molecular flexibility index (Phi) is 12.2. The van der Waals surface area contributed by atoms with Gasteiger partial charge in [0.25, 0.3) is 0 Å². The Labute approximate surface area is 306 Å². The fourth-order valence-electron chi connectivity index (χ4n) is 6.27. The van der Waals surface area contributed by atoms with E-state index in [1.807, 2.05) is 50.4 Å². The maximum Gasteiger partial charge on any atom is 0.421 e. The maximum atomic E-state index is 14.2. The van der Waals surface area contributed by atoms with Crippen molar-refractivity contribution in [3.05, 3.63) is 64.1 Å². The van der Waals surface area contributed by atoms with Gasteiger partial charge in [0.05, 0.1) is 47.3 Å². The van der Waals surface area contributed by atoms with Crippen LogP contribution in [-0.4, -0.2) is 87.4 Å². The first kappa shape index (κ1) is 37.7. The van der Waals surface area contributed by atoms with Crippen LogP contribution in [0.4, 0.5) is 4.79 Å². The number of amides is 1. The standard InChI is InChI=1S/C35H44N4O11S2/c1-21(2)15-39(52(42,43)27-9-10-30-31(14-27)48-20-47-30)16-32(49-23(4)40)29(37-38-35(41)50-33-18-46-34-28(33)11-12-44-34)13-24-5-7-26(8-6-24)45-17-25-19-51-22(3)36-25/h5-10,14,19,21,28-29,32-34,37H,11-13,15-18,20H2,1-4H3,(H,38,41)/t28-,29-,32+,33-,34+/m0/s1. The molecule has 6 rings (SSSR count). The summed E-state index contributed by atoms with van der Waals surface area (Å²) in [6, 6.07) is 10.9. The fourth-order valence-corrected chi connectivity index (χ4v) is 8.50. The third kappa shape index (κ3) is 9.50. The zero-order valence-electron chi connectivity index (χ0n) is 29.4. The van der Waals surface area contributed by atoms with Gasteiger partial charge in [0.15, 0.2) is 17.8 Å². The molecule has 0 spiro atoms. The molecule has 3 aromatic rings. The summed E-state index contributed by atoms with van der Waals surface area (Å²) in [5, 5.41) is 2.90. The first-order chi connectivity index (χ1) is 24.9. The van der Waals surface area contributed by atoms with Crippen molar-refractivity contribution in [2.75, 3.05) is 33.1 Å². The van der Waals surface area contributed by atoms with E-state index in [0.717, 1.165) is 16.3 Å². The number of fused-ring (bicyclic) bond motifs is 2. The van der Waals surface area contributed by atoms with Crippen molar-refractivity contribution >= 4 is 33.4 Å². The number of esters is 1. The van der Waals surface area contributed by atoms with Crippen LogP contribution in [0.1, 0.15) is 43.5 Å². The lowest BCUT2D eigenvalue weighted by atomic mass is 10.0. The second-order valence-corrected chi connectivity index (χ2v) is 16.2. The van der Waals surface area contributed by atoms with Gasteiger partial charge in [-0.2, -0.15) is 4.31 Å². The highest BCUT2D eigenvalue weighted by Crippen LogP contribution is 2.35. The Bertz CT molecular complexity index is 1800. The van der Waals surface area contributed by atoms with Crippen LogP contribution in [0.2, 0.25) is 0 Å². The highest BCUT2D eigenvalue weighted by molar-refractivity contribution is 7.89. The van der Waals surface area contributed by atoms with Crippen LogP contribution in [0.25, 0.3) is 0 Å². The van der Waals surface area contributed by atoms with Gasteiger partial charge in [0.2, 0.25) is 16.8 Å². The van der Waals surface area contributed by atoms with Gasteiger partial charge in [-0.05, 0) is 55.5 Å². The van der Waals surface area contributed by atoms with Gasteiger partial charge in [-0.25, -0.2) is 23.6 Å². The average Bonchev–Trinajstić information content (AvgIpc) is 3.92. The Morgan fingerprint density at radius 3 is 2.60 bits per heavy atom. The summed E-state index contributed by atoms with van der Waals surface area (Å²) in [5.74, 6) is 0.621. The van der Waals surface area contributed by atoms with Crippen LogP contribution in [-0.2, 0) is 46.8 Å². The molecule has 282 valence electrons. The van der Waals surface area contributed by atoms with Crippen LogP contribution in [0.5, 0.6) is 17.2 Å². The number of nitrogens with one attached hydrogen (secondary N) is 2. The lowest BCUT2D eigenvalue weighted by molar-refractivity contribution is -0.148. The monoisotopic (exact) mass is 760 g/mol. The van der Waals surface area contributed by atoms with E-state index in [1.54, 1.807) is 17.4 Å². The average molecular weight is 761 g/mol. The Balaban J connectivity index is 1.22. The fraction of sp³-hybridized carbons (Fsp3) is 0.514. The molecular weight excluding hydrogens is 717 g/mol. The molecule has 2 fully saturated rings. The molecule has 0 radical (unpaired) electrons. The molecule has 4 heterocycles. The molecule has 2 N–H and O–H groups in total. The number of nitrogens with zero attached hydrogens (tertiary/aromatic N) is 2. The number of carbonyl (C=O) groups excluding carboxylic acids is 2. The van der Waals surface area contributed by atoms with E-state index in [-0.39, 0.29) is 49.6 Å². The third-order valence-corrected chi connectivity index (χ3v) is 11.4. The van der Waals surface area contributed by atoms with Gasteiger partial charge < -0.3 is 33.2 Å². The van der Waals surface area contributed by atoms with Gasteiger partial charge in [-0.3, -0.25) is 10.2 Å². The van der Waals surface area contributed by atoms with Crippen LogP contribution in [0, 0.1) is 18.8 Å². The Morgan fingerprint density at radius 1 is 1.08 bits per heavy atom.